The molecule has 1 aromatic heterocycles. The summed E-state index contributed by atoms with van der Waals surface area (Å²) in [6.45, 7) is 0.0929. The van der Waals surface area contributed by atoms with Gasteiger partial charge in [0, 0.05) is 18.0 Å². The Labute approximate surface area is 88.6 Å². The van der Waals surface area contributed by atoms with Gasteiger partial charge in [-0.05, 0) is 18.6 Å². The summed E-state index contributed by atoms with van der Waals surface area (Å²) >= 11 is 0. The maximum absolute atomic E-state index is 8.80. The van der Waals surface area contributed by atoms with E-state index in [1.807, 2.05) is 36.4 Å². The highest BCUT2D eigenvalue weighted by atomic mass is 16.3. The molecule has 0 amide bonds. The average Bonchev–Trinajstić information content (AvgIpc) is 2.29. The minimum atomic E-state index is -0.181. The Morgan fingerprint density at radius 2 is 2.00 bits per heavy atom. The fourth-order valence-corrected chi connectivity index (χ4v) is 1.58. The van der Waals surface area contributed by atoms with E-state index >= 15 is 0 Å². The molecular formula is C12H14N2O. The number of aliphatic hydroxyl groups excluding tert-OH is 1. The Balaban J connectivity index is 2.38. The van der Waals surface area contributed by atoms with E-state index < -0.39 is 0 Å². The Kier molecular flexibility index (Phi) is 2.94. The zero-order valence-electron chi connectivity index (χ0n) is 8.43. The fraction of sp³-hybridized carbons (Fsp3) is 0.250. The molecule has 15 heavy (non-hydrogen) atoms. The molecule has 0 aliphatic rings. The molecule has 3 heteroatoms. The second kappa shape index (κ2) is 4.38. The molecule has 0 spiro atoms. The number of aromatic nitrogens is 1. The van der Waals surface area contributed by atoms with Crippen LogP contribution in [0.3, 0.4) is 0 Å². The van der Waals surface area contributed by atoms with Crippen LogP contribution < -0.4 is 5.73 Å². The number of benzene rings is 1. The van der Waals surface area contributed by atoms with Crippen LogP contribution in [0, 0.1) is 0 Å². The van der Waals surface area contributed by atoms with Crippen LogP contribution in [0.1, 0.15) is 18.2 Å². The molecule has 0 aliphatic heterocycles. The number of hydrogen-bond donors (Lipinski definition) is 2. The molecule has 1 aromatic carbocycles. The van der Waals surface area contributed by atoms with Crippen LogP contribution in [0.4, 0.5) is 0 Å². The van der Waals surface area contributed by atoms with Gasteiger partial charge in [0.05, 0.1) is 11.2 Å². The van der Waals surface area contributed by atoms with Gasteiger partial charge in [0.25, 0.3) is 0 Å². The molecule has 78 valence electrons. The van der Waals surface area contributed by atoms with E-state index in [9.17, 15) is 0 Å². The molecule has 1 atom stereocenters. The first-order chi connectivity index (χ1) is 7.31. The Morgan fingerprint density at radius 1 is 1.20 bits per heavy atom. The molecule has 1 heterocycles. The van der Waals surface area contributed by atoms with Crippen molar-refractivity contribution in [1.29, 1.82) is 0 Å². The van der Waals surface area contributed by atoms with Crippen molar-refractivity contribution >= 4 is 10.9 Å². The Morgan fingerprint density at radius 3 is 2.80 bits per heavy atom. The smallest absolute Gasteiger partial charge is 0.0706 e. The maximum Gasteiger partial charge on any atom is 0.0706 e. The first kappa shape index (κ1) is 10.1. The maximum atomic E-state index is 8.80. The second-order valence-corrected chi connectivity index (χ2v) is 3.55. The normalized spacial score (nSPS) is 12.9. The van der Waals surface area contributed by atoms with Crippen molar-refractivity contribution in [1.82, 2.24) is 4.98 Å². The lowest BCUT2D eigenvalue weighted by atomic mass is 10.1. The van der Waals surface area contributed by atoms with Crippen LogP contribution in [0.15, 0.2) is 36.4 Å². The summed E-state index contributed by atoms with van der Waals surface area (Å²) in [7, 11) is 0. The SMILES string of the molecule is N[C@H](CCO)c1ccc2ccccc2n1. The van der Waals surface area contributed by atoms with Gasteiger partial charge in [-0.25, -0.2) is 0 Å². The van der Waals surface area contributed by atoms with Crippen molar-refractivity contribution < 1.29 is 5.11 Å². The molecule has 0 aliphatic carbocycles. The standard InChI is InChI=1S/C12H14N2O/c13-10(7-8-15)12-6-5-9-3-1-2-4-11(9)14-12/h1-6,10,15H,7-8,13H2/t10-/m1/s1. The number of aliphatic hydroxyl groups is 1. The molecule has 3 nitrogen and oxygen atoms in total. The van der Waals surface area contributed by atoms with Crippen molar-refractivity contribution in [3.8, 4) is 0 Å². The minimum absolute atomic E-state index is 0.0929. The van der Waals surface area contributed by atoms with Gasteiger partial charge in [0.2, 0.25) is 0 Å². The molecule has 2 rings (SSSR count). The van der Waals surface area contributed by atoms with Gasteiger partial charge in [-0.1, -0.05) is 24.3 Å². The summed E-state index contributed by atoms with van der Waals surface area (Å²) in [5, 5.41) is 9.91. The third-order valence-corrected chi connectivity index (χ3v) is 2.44. The molecule has 0 saturated heterocycles. The van der Waals surface area contributed by atoms with E-state index in [1.165, 1.54) is 0 Å². The van der Waals surface area contributed by atoms with Crippen LogP contribution in [-0.2, 0) is 0 Å². The molecule has 0 unspecified atom stereocenters. The van der Waals surface area contributed by atoms with Crippen molar-refractivity contribution in [2.24, 2.45) is 5.73 Å². The number of hydrogen-bond acceptors (Lipinski definition) is 3. The number of rotatable bonds is 3. The monoisotopic (exact) mass is 202 g/mol. The highest BCUT2D eigenvalue weighted by molar-refractivity contribution is 5.78. The van der Waals surface area contributed by atoms with E-state index in [0.717, 1.165) is 16.6 Å². The van der Waals surface area contributed by atoms with Gasteiger partial charge >= 0.3 is 0 Å². The van der Waals surface area contributed by atoms with E-state index in [4.69, 9.17) is 10.8 Å². The average molecular weight is 202 g/mol. The van der Waals surface area contributed by atoms with E-state index in [1.54, 1.807) is 0 Å². The minimum Gasteiger partial charge on any atom is -0.396 e. The lowest BCUT2D eigenvalue weighted by Gasteiger charge is -2.09. The number of fused-ring (bicyclic) bond motifs is 1. The largest absolute Gasteiger partial charge is 0.396 e. The van der Waals surface area contributed by atoms with Gasteiger partial charge in [0.1, 0.15) is 0 Å². The number of pyridine rings is 1. The van der Waals surface area contributed by atoms with Crippen LogP contribution in [0.25, 0.3) is 10.9 Å². The predicted octanol–water partition coefficient (Wildman–Crippen LogP) is 1.62. The van der Waals surface area contributed by atoms with Crippen LogP contribution in [0.2, 0.25) is 0 Å². The predicted molar refractivity (Wildman–Crippen MR) is 60.4 cm³/mol. The number of nitrogens with two attached hydrogens (primary N) is 1. The zero-order chi connectivity index (χ0) is 10.7. The lowest BCUT2D eigenvalue weighted by Crippen LogP contribution is -2.13. The summed E-state index contributed by atoms with van der Waals surface area (Å²) in [6, 6.07) is 11.7. The first-order valence-corrected chi connectivity index (χ1v) is 5.03. The molecule has 3 N–H and O–H groups in total. The van der Waals surface area contributed by atoms with Crippen molar-refractivity contribution in [3.63, 3.8) is 0 Å². The van der Waals surface area contributed by atoms with Gasteiger partial charge in [-0.15, -0.1) is 0 Å². The molecule has 0 radical (unpaired) electrons. The van der Waals surface area contributed by atoms with Crippen molar-refractivity contribution in [3.05, 3.63) is 42.1 Å². The highest BCUT2D eigenvalue weighted by Gasteiger charge is 2.06. The highest BCUT2D eigenvalue weighted by Crippen LogP contribution is 2.16. The van der Waals surface area contributed by atoms with E-state index in [-0.39, 0.29) is 12.6 Å². The lowest BCUT2D eigenvalue weighted by molar-refractivity contribution is 0.275. The van der Waals surface area contributed by atoms with Gasteiger partial charge in [-0.3, -0.25) is 4.98 Å². The molecule has 0 saturated carbocycles. The summed E-state index contributed by atoms with van der Waals surface area (Å²) in [6.07, 6.45) is 0.547. The topological polar surface area (TPSA) is 59.1 Å². The van der Waals surface area contributed by atoms with Crippen LogP contribution in [0.5, 0.6) is 0 Å². The fourth-order valence-electron chi connectivity index (χ4n) is 1.58. The molecule has 0 fully saturated rings. The summed E-state index contributed by atoms with van der Waals surface area (Å²) in [4.78, 5) is 4.46. The van der Waals surface area contributed by atoms with Gasteiger partial charge < -0.3 is 10.8 Å². The van der Waals surface area contributed by atoms with Crippen LogP contribution in [-0.4, -0.2) is 16.7 Å². The Bertz CT molecular complexity index is 456. The molecular weight excluding hydrogens is 188 g/mol. The summed E-state index contributed by atoms with van der Waals surface area (Å²) in [5.41, 5.74) is 7.66. The zero-order valence-corrected chi connectivity index (χ0v) is 8.43. The molecule has 2 aromatic rings. The third kappa shape index (κ3) is 2.14. The van der Waals surface area contributed by atoms with Crippen LogP contribution >= 0.6 is 0 Å². The van der Waals surface area contributed by atoms with Gasteiger partial charge in [0.15, 0.2) is 0 Å². The Hall–Kier alpha value is -1.45. The van der Waals surface area contributed by atoms with Gasteiger partial charge in [-0.2, -0.15) is 0 Å². The first-order valence-electron chi connectivity index (χ1n) is 5.03. The van der Waals surface area contributed by atoms with Crippen molar-refractivity contribution in [2.45, 2.75) is 12.5 Å². The summed E-state index contributed by atoms with van der Waals surface area (Å²) in [5.74, 6) is 0. The quantitative estimate of drug-likeness (QED) is 0.795. The van der Waals surface area contributed by atoms with E-state index in [0.29, 0.717) is 6.42 Å². The second-order valence-electron chi connectivity index (χ2n) is 3.55. The third-order valence-electron chi connectivity index (χ3n) is 2.44. The van der Waals surface area contributed by atoms with E-state index in [2.05, 4.69) is 4.98 Å². The molecule has 0 bridgehead atoms. The van der Waals surface area contributed by atoms with Crippen molar-refractivity contribution in [2.75, 3.05) is 6.61 Å². The number of para-hydroxylation sites is 1. The summed E-state index contributed by atoms with van der Waals surface area (Å²) < 4.78 is 0. The number of nitrogens with zero attached hydrogens (tertiary/aromatic N) is 1.